The molecule has 4 fully saturated rings. The highest BCUT2D eigenvalue weighted by atomic mass is 16.3. The van der Waals surface area contributed by atoms with Crippen LogP contribution in [0.2, 0.25) is 0 Å². The van der Waals surface area contributed by atoms with Crippen LogP contribution in [0.4, 0.5) is 0 Å². The Hall–Kier alpha value is -6.65. The molecule has 4 bridgehead atoms. The van der Waals surface area contributed by atoms with Gasteiger partial charge in [0.15, 0.2) is 17.5 Å². The summed E-state index contributed by atoms with van der Waals surface area (Å²) in [6.07, 6.45) is 6.90. The van der Waals surface area contributed by atoms with Gasteiger partial charge in [-0.3, -0.25) is 0 Å². The lowest BCUT2D eigenvalue weighted by molar-refractivity contribution is -0.0399. The smallest absolute Gasteiger partial charge is 0.164 e. The molecule has 2 aromatic heterocycles. The van der Waals surface area contributed by atoms with Crippen LogP contribution in [0.3, 0.4) is 0 Å². The van der Waals surface area contributed by atoms with E-state index in [1.54, 1.807) is 11.1 Å². The molecule has 0 atom stereocenters. The van der Waals surface area contributed by atoms with Gasteiger partial charge in [0.05, 0.1) is 0 Å². The Labute approximate surface area is 343 Å². The van der Waals surface area contributed by atoms with Gasteiger partial charge in [-0.25, -0.2) is 15.0 Å². The SMILES string of the molecule is c1ccc(-c2nc(-c3ccccc3)nc(-c3cc(-c4ccc5c(c4)C4(c6ccccc6-5)C5CC6CC(C5)CC4C6)cc(-c4ccc5oc6ccccc6c5c4)c3)n2)cc1. The van der Waals surface area contributed by atoms with Crippen molar-refractivity contribution in [3.05, 3.63) is 175 Å². The Morgan fingerprint density at radius 3 is 1.59 bits per heavy atom. The molecule has 4 heteroatoms. The van der Waals surface area contributed by atoms with E-state index in [-0.39, 0.29) is 5.41 Å². The van der Waals surface area contributed by atoms with E-state index in [1.165, 1.54) is 48.8 Å². The topological polar surface area (TPSA) is 51.8 Å². The van der Waals surface area contributed by atoms with E-state index in [2.05, 4.69) is 115 Å². The Kier molecular flexibility index (Phi) is 7.16. The number of nitrogens with zero attached hydrogens (tertiary/aromatic N) is 3. The molecule has 0 radical (unpaired) electrons. The Morgan fingerprint density at radius 1 is 0.373 bits per heavy atom. The molecule has 4 saturated carbocycles. The lowest BCUT2D eigenvalue weighted by atomic mass is 9.43. The summed E-state index contributed by atoms with van der Waals surface area (Å²) < 4.78 is 6.28. The Morgan fingerprint density at radius 2 is 0.898 bits per heavy atom. The second-order valence-corrected chi connectivity index (χ2v) is 17.6. The lowest BCUT2D eigenvalue weighted by Crippen LogP contribution is -2.55. The summed E-state index contributed by atoms with van der Waals surface area (Å²) in [6, 6.07) is 59.1. The average molecular weight is 760 g/mol. The minimum Gasteiger partial charge on any atom is -0.456 e. The summed E-state index contributed by atoms with van der Waals surface area (Å²) in [7, 11) is 0. The molecule has 0 unspecified atom stereocenters. The molecule has 0 aliphatic heterocycles. The van der Waals surface area contributed by atoms with Crippen LogP contribution in [0.25, 0.3) is 89.5 Å². The van der Waals surface area contributed by atoms with Crippen molar-refractivity contribution in [3.8, 4) is 67.5 Å². The monoisotopic (exact) mass is 759 g/mol. The number of aromatic nitrogens is 3. The van der Waals surface area contributed by atoms with Crippen molar-refractivity contribution in [1.29, 1.82) is 0 Å². The molecule has 59 heavy (non-hydrogen) atoms. The van der Waals surface area contributed by atoms with Crippen LogP contribution in [-0.4, -0.2) is 15.0 Å². The number of rotatable bonds is 5. The van der Waals surface area contributed by atoms with Gasteiger partial charge in [-0.2, -0.15) is 0 Å². The highest BCUT2D eigenvalue weighted by molar-refractivity contribution is 6.06. The maximum absolute atomic E-state index is 6.28. The Bertz CT molecular complexity index is 3040. The first-order chi connectivity index (χ1) is 29.2. The Balaban J connectivity index is 1.03. The molecule has 282 valence electrons. The van der Waals surface area contributed by atoms with Gasteiger partial charge in [0, 0.05) is 32.9 Å². The van der Waals surface area contributed by atoms with Crippen molar-refractivity contribution >= 4 is 21.9 Å². The fourth-order valence-electron chi connectivity index (χ4n) is 12.3. The van der Waals surface area contributed by atoms with Crippen LogP contribution in [0, 0.1) is 23.7 Å². The maximum atomic E-state index is 6.28. The van der Waals surface area contributed by atoms with Gasteiger partial charge in [-0.1, -0.05) is 121 Å². The first-order valence-corrected chi connectivity index (χ1v) is 21.3. The number of furan rings is 1. The van der Waals surface area contributed by atoms with Crippen molar-refractivity contribution in [2.24, 2.45) is 23.7 Å². The minimum atomic E-state index is 0.0898. The van der Waals surface area contributed by atoms with Crippen molar-refractivity contribution in [3.63, 3.8) is 0 Å². The molecule has 0 N–H and O–H groups in total. The van der Waals surface area contributed by atoms with Gasteiger partial charge in [-0.05, 0) is 143 Å². The highest BCUT2D eigenvalue weighted by Gasteiger charge is 2.61. The quantitative estimate of drug-likeness (QED) is 0.175. The first kappa shape index (κ1) is 33.3. The van der Waals surface area contributed by atoms with Gasteiger partial charge < -0.3 is 4.42 Å². The fraction of sp³-hybridized carbons (Fsp3) is 0.182. The second-order valence-electron chi connectivity index (χ2n) is 17.6. The van der Waals surface area contributed by atoms with Crippen molar-refractivity contribution < 1.29 is 4.42 Å². The van der Waals surface area contributed by atoms with Crippen molar-refractivity contribution in [2.45, 2.75) is 37.5 Å². The van der Waals surface area contributed by atoms with Gasteiger partial charge >= 0.3 is 0 Å². The maximum Gasteiger partial charge on any atom is 0.164 e. The molecule has 14 rings (SSSR count). The predicted octanol–water partition coefficient (Wildman–Crippen LogP) is 13.8. The summed E-state index contributed by atoms with van der Waals surface area (Å²) in [6.45, 7) is 0. The third-order valence-corrected chi connectivity index (χ3v) is 14.5. The van der Waals surface area contributed by atoms with Crippen LogP contribution in [-0.2, 0) is 5.41 Å². The zero-order valence-corrected chi connectivity index (χ0v) is 32.7. The summed E-state index contributed by atoms with van der Waals surface area (Å²) in [5, 5.41) is 2.24. The molecule has 5 aliphatic rings. The number of benzene rings is 7. The van der Waals surface area contributed by atoms with E-state index in [0.717, 1.165) is 67.2 Å². The van der Waals surface area contributed by atoms with Crippen LogP contribution in [0.1, 0.15) is 43.2 Å². The molecule has 2 heterocycles. The van der Waals surface area contributed by atoms with Gasteiger partial charge in [0.25, 0.3) is 0 Å². The molecule has 4 nitrogen and oxygen atoms in total. The number of hydrogen-bond acceptors (Lipinski definition) is 4. The molecule has 5 aliphatic carbocycles. The normalized spacial score (nSPS) is 22.3. The van der Waals surface area contributed by atoms with E-state index < -0.39 is 0 Å². The molecule has 1 spiro atoms. The second kappa shape index (κ2) is 12.7. The van der Waals surface area contributed by atoms with E-state index in [9.17, 15) is 0 Å². The van der Waals surface area contributed by atoms with Crippen LogP contribution < -0.4 is 0 Å². The summed E-state index contributed by atoms with van der Waals surface area (Å²) in [5.74, 6) is 5.17. The number of fused-ring (bicyclic) bond motifs is 6. The molecule has 0 amide bonds. The molecule has 9 aromatic rings. The van der Waals surface area contributed by atoms with Crippen molar-refractivity contribution in [1.82, 2.24) is 15.0 Å². The van der Waals surface area contributed by atoms with Gasteiger partial charge in [0.1, 0.15) is 11.2 Å². The number of hydrogen-bond donors (Lipinski definition) is 0. The summed E-state index contributed by atoms with van der Waals surface area (Å²) in [5.41, 5.74) is 15.4. The van der Waals surface area contributed by atoms with Crippen molar-refractivity contribution in [2.75, 3.05) is 0 Å². The van der Waals surface area contributed by atoms with Crippen LogP contribution >= 0.6 is 0 Å². The lowest BCUT2D eigenvalue weighted by Gasteiger charge is -2.61. The first-order valence-electron chi connectivity index (χ1n) is 21.3. The third kappa shape index (κ3) is 5.05. The molecule has 7 aromatic carbocycles. The molecular weight excluding hydrogens is 719 g/mol. The van der Waals surface area contributed by atoms with Gasteiger partial charge in [-0.15, -0.1) is 0 Å². The molecule has 0 saturated heterocycles. The van der Waals surface area contributed by atoms with E-state index in [1.807, 2.05) is 48.5 Å². The zero-order chi connectivity index (χ0) is 38.7. The van der Waals surface area contributed by atoms with E-state index in [4.69, 9.17) is 19.4 Å². The predicted molar refractivity (Wildman–Crippen MR) is 238 cm³/mol. The third-order valence-electron chi connectivity index (χ3n) is 14.5. The van der Waals surface area contributed by atoms with Gasteiger partial charge in [0.2, 0.25) is 0 Å². The standard InChI is InChI=1S/C55H41N3O/c1-3-11-35(12-4-1)52-56-53(36-13-5-2-6-14-36)58-54(57-52)41-29-39(37-20-22-51-47(31-37)46-16-8-10-18-50(46)59-51)28-40(30-41)38-19-21-45-44-15-7-9-17-48(44)55(49(45)32-38)42-24-33-23-34(26-42)27-43(55)25-33/h1-22,28-34,42-43H,23-27H2. The highest BCUT2D eigenvalue weighted by Crippen LogP contribution is 2.69. The van der Waals surface area contributed by atoms with Crippen LogP contribution in [0.5, 0.6) is 0 Å². The molecular formula is C55H41N3O. The summed E-state index contributed by atoms with van der Waals surface area (Å²) in [4.78, 5) is 15.5. The fourth-order valence-corrected chi connectivity index (χ4v) is 12.3. The average Bonchev–Trinajstić information content (AvgIpc) is 3.81. The largest absolute Gasteiger partial charge is 0.456 e. The minimum absolute atomic E-state index is 0.0898. The van der Waals surface area contributed by atoms with E-state index >= 15 is 0 Å². The zero-order valence-electron chi connectivity index (χ0n) is 32.7. The van der Waals surface area contributed by atoms with E-state index in [0.29, 0.717) is 29.3 Å². The van der Waals surface area contributed by atoms with Crippen LogP contribution in [0.15, 0.2) is 168 Å². The summed E-state index contributed by atoms with van der Waals surface area (Å²) >= 11 is 0. The number of para-hydroxylation sites is 1.